The Hall–Kier alpha value is -3.88. The summed E-state index contributed by atoms with van der Waals surface area (Å²) in [6.07, 6.45) is 4.00. The Morgan fingerprint density at radius 2 is 1.93 bits per heavy atom. The normalized spacial score (nSPS) is 11.9. The van der Waals surface area contributed by atoms with Gasteiger partial charge in [-0.2, -0.15) is 0 Å². The Balaban J connectivity index is 1.91. The third-order valence-corrected chi connectivity index (χ3v) is 3.75. The highest BCUT2D eigenvalue weighted by Gasteiger charge is 2.11. The molecule has 3 aromatic rings. The number of rotatable bonds is 6. The first-order valence-corrected chi connectivity index (χ1v) is 8.16. The SMILES string of the molecule is C=C(F)/C=C(F)\C=C/C(=C)n1c(=O)[nH]c2cc(Nc3ccc(F)cc3F)cnc21. The molecule has 0 unspecified atom stereocenters. The molecule has 2 heterocycles. The predicted octanol–water partition coefficient (Wildman–Crippen LogP) is 5.11. The summed E-state index contributed by atoms with van der Waals surface area (Å²) in [7, 11) is 0. The Kier molecular flexibility index (Phi) is 5.49. The number of allylic oxidation sites excluding steroid dienone is 6. The third-order valence-electron chi connectivity index (χ3n) is 3.75. The van der Waals surface area contributed by atoms with E-state index in [0.29, 0.717) is 17.3 Å². The van der Waals surface area contributed by atoms with Crippen molar-refractivity contribution in [1.29, 1.82) is 0 Å². The van der Waals surface area contributed by atoms with E-state index >= 15 is 0 Å². The van der Waals surface area contributed by atoms with Gasteiger partial charge in [0.15, 0.2) is 5.65 Å². The molecule has 29 heavy (non-hydrogen) atoms. The Labute approximate surface area is 162 Å². The Morgan fingerprint density at radius 3 is 2.62 bits per heavy atom. The van der Waals surface area contributed by atoms with Crippen molar-refractivity contribution in [3.05, 3.63) is 95.6 Å². The molecule has 0 fully saturated rings. The Bertz CT molecular complexity index is 1240. The van der Waals surface area contributed by atoms with Crippen LogP contribution in [0.25, 0.3) is 16.9 Å². The van der Waals surface area contributed by atoms with Gasteiger partial charge in [0, 0.05) is 17.8 Å². The van der Waals surface area contributed by atoms with Gasteiger partial charge in [-0.05, 0) is 30.4 Å². The van der Waals surface area contributed by atoms with E-state index in [1.807, 2.05) is 0 Å². The molecule has 0 saturated carbocycles. The van der Waals surface area contributed by atoms with Crippen molar-refractivity contribution in [2.45, 2.75) is 0 Å². The molecule has 9 heteroatoms. The summed E-state index contributed by atoms with van der Waals surface area (Å²) in [4.78, 5) is 18.9. The summed E-state index contributed by atoms with van der Waals surface area (Å²) in [6, 6.07) is 4.55. The van der Waals surface area contributed by atoms with E-state index in [-0.39, 0.29) is 17.0 Å². The van der Waals surface area contributed by atoms with E-state index in [9.17, 15) is 22.4 Å². The van der Waals surface area contributed by atoms with Gasteiger partial charge in [-0.1, -0.05) is 13.2 Å². The summed E-state index contributed by atoms with van der Waals surface area (Å²) in [5.41, 5.74) is 0.337. The first-order chi connectivity index (χ1) is 13.7. The minimum absolute atomic E-state index is 0.0263. The van der Waals surface area contributed by atoms with E-state index in [2.05, 4.69) is 28.4 Å². The molecule has 1 aromatic carbocycles. The van der Waals surface area contributed by atoms with Gasteiger partial charge in [0.1, 0.15) is 23.3 Å². The molecule has 2 N–H and O–H groups in total. The summed E-state index contributed by atoms with van der Waals surface area (Å²) in [5, 5.41) is 2.74. The van der Waals surface area contributed by atoms with Crippen LogP contribution in [0.5, 0.6) is 0 Å². The fourth-order valence-corrected chi connectivity index (χ4v) is 2.52. The largest absolute Gasteiger partial charge is 0.352 e. The fourth-order valence-electron chi connectivity index (χ4n) is 2.52. The molecule has 0 amide bonds. The van der Waals surface area contributed by atoms with Gasteiger partial charge in [-0.15, -0.1) is 0 Å². The van der Waals surface area contributed by atoms with Crippen LogP contribution in [0.15, 0.2) is 78.3 Å². The number of hydrogen-bond donors (Lipinski definition) is 2. The molecule has 148 valence electrons. The van der Waals surface area contributed by atoms with Crippen molar-refractivity contribution in [1.82, 2.24) is 14.5 Å². The maximum Gasteiger partial charge on any atom is 0.332 e. The van der Waals surface area contributed by atoms with Gasteiger partial charge < -0.3 is 10.3 Å². The second-order valence-corrected chi connectivity index (χ2v) is 5.91. The topological polar surface area (TPSA) is 62.7 Å². The lowest BCUT2D eigenvalue weighted by molar-refractivity contribution is 0.586. The quantitative estimate of drug-likeness (QED) is 0.445. The number of nitrogens with zero attached hydrogens (tertiary/aromatic N) is 2. The molecule has 5 nitrogen and oxygen atoms in total. The van der Waals surface area contributed by atoms with Gasteiger partial charge >= 0.3 is 5.69 Å². The molecular formula is C20H14F4N4O. The molecular weight excluding hydrogens is 388 g/mol. The van der Waals surface area contributed by atoms with E-state index in [0.717, 1.165) is 22.8 Å². The van der Waals surface area contributed by atoms with Crippen LogP contribution in [-0.2, 0) is 0 Å². The number of hydrogen-bond acceptors (Lipinski definition) is 3. The number of fused-ring (bicyclic) bond motifs is 1. The summed E-state index contributed by atoms with van der Waals surface area (Å²) in [6.45, 7) is 6.59. The standard InChI is InChI=1S/C20H14F4N4O/c1-11(21)7-13(22)4-3-12(2)28-19-18(27-20(28)29)9-15(10-25-19)26-17-6-5-14(23)8-16(17)24/h3-10,26H,1-2H2,(H,27,29)/b4-3-,13-7+. The van der Waals surface area contributed by atoms with Gasteiger partial charge in [0.2, 0.25) is 0 Å². The van der Waals surface area contributed by atoms with Crippen molar-refractivity contribution in [3.63, 3.8) is 0 Å². The number of halogens is 4. The molecule has 0 saturated heterocycles. The lowest BCUT2D eigenvalue weighted by Gasteiger charge is -2.08. The molecule has 0 aliphatic carbocycles. The molecule has 0 spiro atoms. The van der Waals surface area contributed by atoms with Crippen LogP contribution in [0.3, 0.4) is 0 Å². The number of H-pyrrole nitrogens is 1. The average molecular weight is 402 g/mol. The smallest absolute Gasteiger partial charge is 0.332 e. The van der Waals surface area contributed by atoms with Crippen molar-refractivity contribution in [2.75, 3.05) is 5.32 Å². The third kappa shape index (κ3) is 4.52. The summed E-state index contributed by atoms with van der Waals surface area (Å²) in [5.74, 6) is -3.37. The molecule has 0 aliphatic heterocycles. The van der Waals surface area contributed by atoms with E-state index in [4.69, 9.17) is 0 Å². The molecule has 3 rings (SSSR count). The first kappa shape index (κ1) is 19.9. The van der Waals surface area contributed by atoms with Crippen LogP contribution >= 0.6 is 0 Å². The summed E-state index contributed by atoms with van der Waals surface area (Å²) < 4.78 is 53.9. The highest BCUT2D eigenvalue weighted by molar-refractivity contribution is 5.80. The van der Waals surface area contributed by atoms with Crippen LogP contribution in [-0.4, -0.2) is 14.5 Å². The van der Waals surface area contributed by atoms with E-state index < -0.39 is 29.0 Å². The zero-order chi connectivity index (χ0) is 21.1. The van der Waals surface area contributed by atoms with Crippen molar-refractivity contribution < 1.29 is 17.6 Å². The van der Waals surface area contributed by atoms with Crippen molar-refractivity contribution in [2.24, 2.45) is 0 Å². The zero-order valence-electron chi connectivity index (χ0n) is 14.8. The van der Waals surface area contributed by atoms with Crippen molar-refractivity contribution in [3.8, 4) is 0 Å². The van der Waals surface area contributed by atoms with Crippen LogP contribution in [0.2, 0.25) is 0 Å². The molecule has 0 aliphatic rings. The van der Waals surface area contributed by atoms with Crippen LogP contribution in [0, 0.1) is 11.6 Å². The molecule has 0 atom stereocenters. The van der Waals surface area contributed by atoms with Gasteiger partial charge in [0.05, 0.1) is 23.1 Å². The number of imidazole rings is 1. The molecule has 0 radical (unpaired) electrons. The second kappa shape index (κ2) is 8.01. The van der Waals surface area contributed by atoms with Gasteiger partial charge in [-0.3, -0.25) is 0 Å². The number of benzene rings is 1. The Morgan fingerprint density at radius 1 is 1.17 bits per heavy atom. The highest BCUT2D eigenvalue weighted by atomic mass is 19.1. The molecule has 2 aromatic heterocycles. The van der Waals surface area contributed by atoms with Crippen LogP contribution in [0.4, 0.5) is 28.9 Å². The van der Waals surface area contributed by atoms with Gasteiger partial charge in [-0.25, -0.2) is 31.9 Å². The first-order valence-electron chi connectivity index (χ1n) is 8.16. The molecule has 0 bridgehead atoms. The van der Waals surface area contributed by atoms with Crippen molar-refractivity contribution >= 4 is 28.2 Å². The number of pyridine rings is 1. The van der Waals surface area contributed by atoms with Crippen LogP contribution < -0.4 is 11.0 Å². The second-order valence-electron chi connectivity index (χ2n) is 5.91. The number of aromatic amines is 1. The average Bonchev–Trinajstić information content (AvgIpc) is 2.96. The number of anilines is 2. The van der Waals surface area contributed by atoms with E-state index in [1.54, 1.807) is 0 Å². The lowest BCUT2D eigenvalue weighted by Crippen LogP contribution is -2.14. The highest BCUT2D eigenvalue weighted by Crippen LogP contribution is 2.23. The maximum atomic E-state index is 13.8. The fraction of sp³-hybridized carbons (Fsp3) is 0. The maximum absolute atomic E-state index is 13.8. The zero-order valence-corrected chi connectivity index (χ0v) is 14.8. The van der Waals surface area contributed by atoms with Gasteiger partial charge in [0.25, 0.3) is 0 Å². The van der Waals surface area contributed by atoms with Crippen LogP contribution in [0.1, 0.15) is 0 Å². The number of nitrogens with one attached hydrogen (secondary N) is 2. The minimum atomic E-state index is -0.957. The lowest BCUT2D eigenvalue weighted by atomic mass is 10.2. The summed E-state index contributed by atoms with van der Waals surface area (Å²) >= 11 is 0. The number of aromatic nitrogens is 3. The minimum Gasteiger partial charge on any atom is -0.352 e. The van der Waals surface area contributed by atoms with E-state index in [1.165, 1.54) is 24.4 Å². The predicted molar refractivity (Wildman–Crippen MR) is 104 cm³/mol. The monoisotopic (exact) mass is 402 g/mol.